The zero-order valence-corrected chi connectivity index (χ0v) is 16.0. The molecule has 0 fully saturated rings. The highest BCUT2D eigenvalue weighted by Crippen LogP contribution is 2.43. The molecule has 1 aliphatic rings. The SMILES string of the molecule is Cc1cc(Cl)c(Oc2cc3c(cc2Cl)C=C(C(=O)O)[C@@H](C(F)(F)F)O3)cc1C. The summed E-state index contributed by atoms with van der Waals surface area (Å²) in [6.45, 7) is 3.72. The number of rotatable bonds is 3. The molecule has 1 heterocycles. The zero-order chi connectivity index (χ0) is 20.8. The molecule has 0 spiro atoms. The molecule has 9 heteroatoms. The van der Waals surface area contributed by atoms with Gasteiger partial charge in [0, 0.05) is 11.6 Å². The number of ether oxygens (including phenoxy) is 2. The molecule has 0 amide bonds. The third-order valence-electron chi connectivity index (χ3n) is 4.21. The van der Waals surface area contributed by atoms with Crippen LogP contribution >= 0.6 is 23.2 Å². The topological polar surface area (TPSA) is 55.8 Å². The molecular formula is C19H13Cl2F3O4. The maximum absolute atomic E-state index is 13.2. The predicted molar refractivity (Wildman–Crippen MR) is 98.5 cm³/mol. The molecule has 0 radical (unpaired) electrons. The summed E-state index contributed by atoms with van der Waals surface area (Å²) in [7, 11) is 0. The average molecular weight is 433 g/mol. The monoisotopic (exact) mass is 432 g/mol. The summed E-state index contributed by atoms with van der Waals surface area (Å²) in [5.41, 5.74) is 1.01. The molecule has 0 saturated carbocycles. The molecule has 148 valence electrons. The lowest BCUT2D eigenvalue weighted by Gasteiger charge is -2.27. The van der Waals surface area contributed by atoms with Crippen molar-refractivity contribution in [2.75, 3.05) is 0 Å². The smallest absolute Gasteiger partial charge is 0.430 e. The Kier molecular flexibility index (Phi) is 5.25. The van der Waals surface area contributed by atoms with Crippen LogP contribution in [0.1, 0.15) is 16.7 Å². The van der Waals surface area contributed by atoms with Crippen molar-refractivity contribution in [3.05, 3.63) is 56.6 Å². The Balaban J connectivity index is 2.04. The van der Waals surface area contributed by atoms with Gasteiger partial charge in [-0.15, -0.1) is 0 Å². The minimum atomic E-state index is -4.90. The van der Waals surface area contributed by atoms with Crippen LogP contribution in [0, 0.1) is 13.8 Å². The van der Waals surface area contributed by atoms with Crippen molar-refractivity contribution >= 4 is 35.2 Å². The lowest BCUT2D eigenvalue weighted by Crippen LogP contribution is -2.40. The highest BCUT2D eigenvalue weighted by Gasteiger charge is 2.48. The number of benzene rings is 2. The van der Waals surface area contributed by atoms with Crippen LogP contribution < -0.4 is 9.47 Å². The molecule has 0 bridgehead atoms. The van der Waals surface area contributed by atoms with Gasteiger partial charge in [0.1, 0.15) is 17.2 Å². The molecule has 1 N–H and O–H groups in total. The summed E-state index contributed by atoms with van der Waals surface area (Å²) in [6.07, 6.45) is -6.62. The number of carboxylic acids is 1. The van der Waals surface area contributed by atoms with Crippen LogP contribution in [0.4, 0.5) is 13.2 Å². The Hall–Kier alpha value is -2.38. The molecule has 0 aliphatic carbocycles. The van der Waals surface area contributed by atoms with Crippen LogP contribution in [-0.2, 0) is 4.79 Å². The second kappa shape index (κ2) is 7.22. The first kappa shape index (κ1) is 20.4. The van der Waals surface area contributed by atoms with Gasteiger partial charge >= 0.3 is 12.1 Å². The zero-order valence-electron chi connectivity index (χ0n) is 14.5. The van der Waals surface area contributed by atoms with Crippen molar-refractivity contribution in [1.82, 2.24) is 0 Å². The molecule has 0 saturated heterocycles. The van der Waals surface area contributed by atoms with Crippen LogP contribution in [0.3, 0.4) is 0 Å². The fraction of sp³-hybridized carbons (Fsp3) is 0.211. The first-order valence-corrected chi connectivity index (χ1v) is 8.69. The maximum Gasteiger partial charge on any atom is 0.430 e. The van der Waals surface area contributed by atoms with Gasteiger partial charge in [-0.05, 0) is 49.2 Å². The van der Waals surface area contributed by atoms with Crippen molar-refractivity contribution in [2.24, 2.45) is 0 Å². The Morgan fingerprint density at radius 1 is 1.07 bits per heavy atom. The fourth-order valence-electron chi connectivity index (χ4n) is 2.65. The fourth-order valence-corrected chi connectivity index (χ4v) is 3.11. The van der Waals surface area contributed by atoms with Crippen LogP contribution in [0.5, 0.6) is 17.2 Å². The number of alkyl halides is 3. The van der Waals surface area contributed by atoms with Crippen LogP contribution in [0.25, 0.3) is 6.08 Å². The van der Waals surface area contributed by atoms with Crippen LogP contribution in [0.15, 0.2) is 29.8 Å². The molecule has 0 unspecified atom stereocenters. The third kappa shape index (κ3) is 3.91. The quantitative estimate of drug-likeness (QED) is 0.627. The largest absolute Gasteiger partial charge is 0.478 e. The van der Waals surface area contributed by atoms with E-state index in [0.717, 1.165) is 17.2 Å². The van der Waals surface area contributed by atoms with Gasteiger partial charge < -0.3 is 14.6 Å². The molecule has 2 aromatic rings. The van der Waals surface area contributed by atoms with E-state index in [0.29, 0.717) is 5.02 Å². The number of halogens is 5. The molecule has 28 heavy (non-hydrogen) atoms. The maximum atomic E-state index is 13.2. The Morgan fingerprint density at radius 2 is 1.64 bits per heavy atom. The minimum Gasteiger partial charge on any atom is -0.478 e. The predicted octanol–water partition coefficient (Wildman–Crippen LogP) is 6.19. The van der Waals surface area contributed by atoms with Crippen molar-refractivity contribution in [3.63, 3.8) is 0 Å². The summed E-state index contributed by atoms with van der Waals surface area (Å²) in [5.74, 6) is -1.63. The number of hydrogen-bond donors (Lipinski definition) is 1. The van der Waals surface area contributed by atoms with Crippen molar-refractivity contribution < 1.29 is 32.5 Å². The third-order valence-corrected chi connectivity index (χ3v) is 4.81. The van der Waals surface area contributed by atoms with E-state index < -0.39 is 23.8 Å². The Bertz CT molecular complexity index is 1000. The van der Waals surface area contributed by atoms with Crippen molar-refractivity contribution in [3.8, 4) is 17.2 Å². The van der Waals surface area contributed by atoms with E-state index in [-0.39, 0.29) is 27.8 Å². The molecule has 2 aromatic carbocycles. The Labute approximate surface area is 168 Å². The summed E-state index contributed by atoms with van der Waals surface area (Å²) in [6, 6.07) is 5.82. The number of fused-ring (bicyclic) bond motifs is 1. The summed E-state index contributed by atoms with van der Waals surface area (Å²) < 4.78 is 50.2. The second-order valence-electron chi connectivity index (χ2n) is 6.23. The number of carbonyl (C=O) groups is 1. The van der Waals surface area contributed by atoms with E-state index in [2.05, 4.69) is 0 Å². The first-order chi connectivity index (χ1) is 13.0. The molecule has 1 atom stereocenters. The summed E-state index contributed by atoms with van der Waals surface area (Å²) >= 11 is 12.3. The lowest BCUT2D eigenvalue weighted by molar-refractivity contribution is -0.187. The number of aryl methyl sites for hydroxylation is 2. The van der Waals surface area contributed by atoms with E-state index in [9.17, 15) is 18.0 Å². The van der Waals surface area contributed by atoms with Crippen LogP contribution in [0.2, 0.25) is 10.0 Å². The Morgan fingerprint density at radius 3 is 2.25 bits per heavy atom. The standard InChI is InChI=1S/C19H13Cl2F3O4/c1-8-3-12(20)15(4-9(8)2)27-16-7-14-10(6-13(16)21)5-11(18(25)26)17(28-14)19(22,23)24/h3-7,17H,1-2H3,(H,25,26)/t17-/m0/s1. The number of aliphatic carboxylic acids is 1. The summed E-state index contributed by atoms with van der Waals surface area (Å²) in [4.78, 5) is 11.2. The van der Waals surface area contributed by atoms with Crippen molar-refractivity contribution in [1.29, 1.82) is 0 Å². The lowest BCUT2D eigenvalue weighted by atomic mass is 10.0. The van der Waals surface area contributed by atoms with Crippen LogP contribution in [-0.4, -0.2) is 23.4 Å². The molecule has 3 rings (SSSR count). The van der Waals surface area contributed by atoms with Crippen molar-refractivity contribution in [2.45, 2.75) is 26.1 Å². The highest BCUT2D eigenvalue weighted by molar-refractivity contribution is 6.33. The van der Waals surface area contributed by atoms with Gasteiger partial charge in [0.15, 0.2) is 0 Å². The summed E-state index contributed by atoms with van der Waals surface area (Å²) in [5, 5.41) is 9.44. The van der Waals surface area contributed by atoms with Gasteiger partial charge in [-0.25, -0.2) is 4.79 Å². The molecule has 0 aromatic heterocycles. The van der Waals surface area contributed by atoms with E-state index in [4.69, 9.17) is 37.8 Å². The average Bonchev–Trinajstić information content (AvgIpc) is 2.58. The minimum absolute atomic E-state index is 0.0265. The van der Waals surface area contributed by atoms with E-state index in [1.54, 1.807) is 12.1 Å². The molecule has 1 aliphatic heterocycles. The van der Waals surface area contributed by atoms with E-state index in [1.807, 2.05) is 13.8 Å². The van der Waals surface area contributed by atoms with Gasteiger partial charge in [0.05, 0.1) is 15.6 Å². The molecule has 4 nitrogen and oxygen atoms in total. The van der Waals surface area contributed by atoms with Gasteiger partial charge in [-0.3, -0.25) is 0 Å². The number of carboxylic acid groups (broad SMARTS) is 1. The normalized spacial score (nSPS) is 16.1. The van der Waals surface area contributed by atoms with Gasteiger partial charge in [0.2, 0.25) is 6.10 Å². The van der Waals surface area contributed by atoms with E-state index >= 15 is 0 Å². The van der Waals surface area contributed by atoms with Gasteiger partial charge in [0.25, 0.3) is 0 Å². The number of hydrogen-bond acceptors (Lipinski definition) is 3. The second-order valence-corrected chi connectivity index (χ2v) is 7.05. The van der Waals surface area contributed by atoms with E-state index in [1.165, 1.54) is 12.1 Å². The first-order valence-electron chi connectivity index (χ1n) is 7.93. The van der Waals surface area contributed by atoms with Gasteiger partial charge in [-0.1, -0.05) is 23.2 Å². The molecular weight excluding hydrogens is 420 g/mol. The van der Waals surface area contributed by atoms with Gasteiger partial charge in [-0.2, -0.15) is 13.2 Å². The highest BCUT2D eigenvalue weighted by atomic mass is 35.5.